The fourth-order valence-corrected chi connectivity index (χ4v) is 1.32. The van der Waals surface area contributed by atoms with E-state index in [1.54, 1.807) is 4.90 Å². The second-order valence-corrected chi connectivity index (χ2v) is 3.24. The van der Waals surface area contributed by atoms with Crippen LogP contribution in [0.5, 0.6) is 0 Å². The maximum absolute atomic E-state index is 11.5. The van der Waals surface area contributed by atoms with Crippen LogP contribution < -0.4 is 10.5 Å². The number of anilines is 1. The second-order valence-electron chi connectivity index (χ2n) is 3.24. The van der Waals surface area contributed by atoms with Crippen molar-refractivity contribution in [3.63, 3.8) is 0 Å². The third-order valence-electron chi connectivity index (χ3n) is 2.03. The largest absolute Gasteiger partial charge is 0.468 e. The molecule has 88 valence electrons. The lowest BCUT2D eigenvalue weighted by atomic mass is 10.4. The van der Waals surface area contributed by atoms with Gasteiger partial charge < -0.3 is 14.6 Å². The maximum atomic E-state index is 11.5. The summed E-state index contributed by atoms with van der Waals surface area (Å²) in [4.78, 5) is 30.8. The smallest absolute Gasteiger partial charge is 0.325 e. The normalized spacial score (nSPS) is 9.88. The van der Waals surface area contributed by atoms with Crippen LogP contribution >= 0.6 is 0 Å². The zero-order chi connectivity index (χ0) is 12.0. The molecule has 0 spiro atoms. The average Bonchev–Trinajstić information content (AvgIpc) is 2.29. The number of nitrogens with one attached hydrogen (secondary N) is 1. The molecule has 1 N–H and O–H groups in total. The van der Waals surface area contributed by atoms with Gasteiger partial charge >= 0.3 is 5.97 Å². The summed E-state index contributed by atoms with van der Waals surface area (Å²) in [6, 6.07) is 0. The van der Waals surface area contributed by atoms with Gasteiger partial charge in [0.2, 0.25) is 0 Å². The molecule has 0 atom stereocenters. The Bertz CT molecular complexity index is 402. The number of carbonyl (C=O) groups is 1. The molecule has 1 aromatic rings. The molecule has 1 aromatic heterocycles. The Morgan fingerprint density at radius 3 is 2.94 bits per heavy atom. The molecule has 0 unspecified atom stereocenters. The lowest BCUT2D eigenvalue weighted by Gasteiger charge is -2.20. The van der Waals surface area contributed by atoms with Crippen molar-refractivity contribution in [2.45, 2.75) is 13.3 Å². The van der Waals surface area contributed by atoms with Gasteiger partial charge in [0.1, 0.15) is 6.54 Å². The van der Waals surface area contributed by atoms with Gasteiger partial charge in [0.05, 0.1) is 7.11 Å². The van der Waals surface area contributed by atoms with Crippen LogP contribution in [0.4, 0.5) is 5.82 Å². The summed E-state index contributed by atoms with van der Waals surface area (Å²) < 4.78 is 4.57. The van der Waals surface area contributed by atoms with Gasteiger partial charge in [-0.15, -0.1) is 0 Å². The molecule has 0 aliphatic heterocycles. The third kappa shape index (κ3) is 3.08. The highest BCUT2D eigenvalue weighted by atomic mass is 16.5. The highest BCUT2D eigenvalue weighted by Crippen LogP contribution is 2.03. The molecule has 6 nitrogen and oxygen atoms in total. The summed E-state index contributed by atoms with van der Waals surface area (Å²) in [6.45, 7) is 2.57. The van der Waals surface area contributed by atoms with Crippen LogP contribution in [0.25, 0.3) is 0 Å². The van der Waals surface area contributed by atoms with E-state index >= 15 is 0 Å². The van der Waals surface area contributed by atoms with Crippen LogP contribution in [0.3, 0.4) is 0 Å². The molecule has 0 aliphatic carbocycles. The number of carbonyl (C=O) groups excluding carboxylic acids is 1. The first-order valence-electron chi connectivity index (χ1n) is 5.04. The lowest BCUT2D eigenvalue weighted by Crippen LogP contribution is -2.35. The molecule has 0 saturated heterocycles. The Morgan fingerprint density at radius 1 is 1.62 bits per heavy atom. The van der Waals surface area contributed by atoms with Crippen LogP contribution in [0.15, 0.2) is 17.2 Å². The molecule has 16 heavy (non-hydrogen) atoms. The minimum absolute atomic E-state index is 0.0322. The van der Waals surface area contributed by atoms with Crippen LogP contribution in [-0.2, 0) is 9.53 Å². The number of hydrogen-bond donors (Lipinski definition) is 1. The third-order valence-corrected chi connectivity index (χ3v) is 2.03. The van der Waals surface area contributed by atoms with Gasteiger partial charge in [0, 0.05) is 18.9 Å². The molecular formula is C10H15N3O3. The molecule has 0 bridgehead atoms. The number of esters is 1. The van der Waals surface area contributed by atoms with E-state index in [-0.39, 0.29) is 17.9 Å². The van der Waals surface area contributed by atoms with Gasteiger partial charge in [0.25, 0.3) is 5.56 Å². The molecule has 0 aliphatic rings. The van der Waals surface area contributed by atoms with E-state index in [0.29, 0.717) is 6.54 Å². The number of aromatic nitrogens is 2. The summed E-state index contributed by atoms with van der Waals surface area (Å²) in [7, 11) is 1.31. The predicted octanol–water partition coefficient (Wildman–Crippen LogP) is 0.159. The number of methoxy groups -OCH3 is 1. The number of ether oxygens (including phenoxy) is 1. The van der Waals surface area contributed by atoms with Gasteiger partial charge in [0.15, 0.2) is 5.82 Å². The minimum Gasteiger partial charge on any atom is -0.468 e. The first-order chi connectivity index (χ1) is 7.69. The zero-order valence-corrected chi connectivity index (χ0v) is 9.40. The van der Waals surface area contributed by atoms with Crippen molar-refractivity contribution < 1.29 is 9.53 Å². The SMILES string of the molecule is CCCN(CC(=O)OC)c1ncc[nH]c1=O. The van der Waals surface area contributed by atoms with Crippen molar-refractivity contribution >= 4 is 11.8 Å². The minimum atomic E-state index is -0.390. The Kier molecular flexibility index (Phi) is 4.50. The van der Waals surface area contributed by atoms with E-state index in [9.17, 15) is 9.59 Å². The maximum Gasteiger partial charge on any atom is 0.325 e. The fourth-order valence-electron chi connectivity index (χ4n) is 1.32. The number of nitrogens with zero attached hydrogens (tertiary/aromatic N) is 2. The van der Waals surface area contributed by atoms with E-state index in [1.807, 2.05) is 6.92 Å². The predicted molar refractivity (Wildman–Crippen MR) is 59.4 cm³/mol. The Morgan fingerprint density at radius 2 is 2.38 bits per heavy atom. The molecule has 6 heteroatoms. The van der Waals surface area contributed by atoms with Crippen molar-refractivity contribution in [3.05, 3.63) is 22.7 Å². The number of aromatic amines is 1. The second kappa shape index (κ2) is 5.89. The molecule has 0 radical (unpaired) electrons. The van der Waals surface area contributed by atoms with Crippen molar-refractivity contribution in [1.82, 2.24) is 9.97 Å². The quantitative estimate of drug-likeness (QED) is 0.722. The molecule has 0 aromatic carbocycles. The molecule has 1 rings (SSSR count). The van der Waals surface area contributed by atoms with Crippen LogP contribution in [-0.4, -0.2) is 36.1 Å². The monoisotopic (exact) mass is 225 g/mol. The zero-order valence-electron chi connectivity index (χ0n) is 9.40. The Labute approximate surface area is 93.3 Å². The molecule has 0 saturated carbocycles. The van der Waals surface area contributed by atoms with Crippen molar-refractivity contribution in [2.75, 3.05) is 25.1 Å². The molecule has 0 amide bonds. The summed E-state index contributed by atoms with van der Waals surface area (Å²) in [5, 5.41) is 0. The van der Waals surface area contributed by atoms with E-state index in [4.69, 9.17) is 0 Å². The van der Waals surface area contributed by atoms with Gasteiger partial charge in [-0.1, -0.05) is 6.92 Å². The highest BCUT2D eigenvalue weighted by Gasteiger charge is 2.14. The summed E-state index contributed by atoms with van der Waals surface area (Å²) in [5.74, 6) is -0.145. The van der Waals surface area contributed by atoms with Crippen LogP contribution in [0.2, 0.25) is 0 Å². The fraction of sp³-hybridized carbons (Fsp3) is 0.500. The summed E-state index contributed by atoms with van der Waals surface area (Å²) in [5.41, 5.74) is -0.306. The first kappa shape index (κ1) is 12.2. The van der Waals surface area contributed by atoms with Gasteiger partial charge in [-0.3, -0.25) is 9.59 Å². The number of hydrogen-bond acceptors (Lipinski definition) is 5. The van der Waals surface area contributed by atoms with Gasteiger partial charge in [-0.05, 0) is 6.42 Å². The van der Waals surface area contributed by atoms with Crippen molar-refractivity contribution in [1.29, 1.82) is 0 Å². The number of H-pyrrole nitrogens is 1. The van der Waals surface area contributed by atoms with Gasteiger partial charge in [-0.2, -0.15) is 0 Å². The van der Waals surface area contributed by atoms with E-state index < -0.39 is 5.97 Å². The molecule has 1 heterocycles. The number of rotatable bonds is 5. The summed E-state index contributed by atoms with van der Waals surface area (Å²) in [6.07, 6.45) is 3.75. The van der Waals surface area contributed by atoms with Crippen LogP contribution in [0.1, 0.15) is 13.3 Å². The van der Waals surface area contributed by atoms with E-state index in [1.165, 1.54) is 19.5 Å². The Hall–Kier alpha value is -1.85. The first-order valence-corrected chi connectivity index (χ1v) is 5.04. The average molecular weight is 225 g/mol. The Balaban J connectivity index is 2.89. The van der Waals surface area contributed by atoms with E-state index in [0.717, 1.165) is 6.42 Å². The lowest BCUT2D eigenvalue weighted by molar-refractivity contribution is -0.138. The highest BCUT2D eigenvalue weighted by molar-refractivity contribution is 5.75. The van der Waals surface area contributed by atoms with E-state index in [2.05, 4.69) is 14.7 Å². The molecular weight excluding hydrogens is 210 g/mol. The van der Waals surface area contributed by atoms with Crippen molar-refractivity contribution in [2.24, 2.45) is 0 Å². The van der Waals surface area contributed by atoms with Crippen LogP contribution in [0, 0.1) is 0 Å². The molecule has 0 fully saturated rings. The van der Waals surface area contributed by atoms with Crippen molar-refractivity contribution in [3.8, 4) is 0 Å². The van der Waals surface area contributed by atoms with Gasteiger partial charge in [-0.25, -0.2) is 4.98 Å². The summed E-state index contributed by atoms with van der Waals surface area (Å²) >= 11 is 0. The standard InChI is InChI=1S/C10H15N3O3/c1-3-6-13(7-8(14)16-2)9-10(15)12-5-4-11-9/h4-5H,3,6-7H2,1-2H3,(H,12,15). The topological polar surface area (TPSA) is 75.3 Å².